The standard InChI is InChI=1S/C12H16N2O3/c1-16-12-8-10(2-3-11(12)15)9-13-14-4-6-17-7-5-14/h2-3,8-9,15H,4-7H2,1H3/b13-9-. The van der Waals surface area contributed by atoms with Crippen LogP contribution in [-0.2, 0) is 4.74 Å². The van der Waals surface area contributed by atoms with Crippen LogP contribution in [0, 0.1) is 0 Å². The number of rotatable bonds is 3. The highest BCUT2D eigenvalue weighted by molar-refractivity contribution is 5.80. The molecule has 1 aromatic rings. The van der Waals surface area contributed by atoms with E-state index in [2.05, 4.69) is 5.10 Å². The Morgan fingerprint density at radius 2 is 2.18 bits per heavy atom. The van der Waals surface area contributed by atoms with E-state index in [1.807, 2.05) is 5.01 Å². The molecular weight excluding hydrogens is 220 g/mol. The van der Waals surface area contributed by atoms with Crippen molar-refractivity contribution >= 4 is 6.21 Å². The molecule has 0 aliphatic carbocycles. The molecule has 17 heavy (non-hydrogen) atoms. The Kier molecular flexibility index (Phi) is 3.82. The molecule has 1 heterocycles. The molecule has 5 nitrogen and oxygen atoms in total. The molecule has 1 N–H and O–H groups in total. The molecule has 1 fully saturated rings. The second kappa shape index (κ2) is 5.54. The highest BCUT2D eigenvalue weighted by Gasteiger charge is 2.06. The zero-order valence-electron chi connectivity index (χ0n) is 9.80. The molecule has 0 bridgehead atoms. The molecule has 1 saturated heterocycles. The molecule has 92 valence electrons. The number of methoxy groups -OCH3 is 1. The van der Waals surface area contributed by atoms with Crippen LogP contribution in [0.3, 0.4) is 0 Å². The Hall–Kier alpha value is -1.75. The van der Waals surface area contributed by atoms with E-state index in [9.17, 15) is 5.11 Å². The number of hydrogen-bond donors (Lipinski definition) is 1. The number of aromatic hydroxyl groups is 1. The number of hydrogen-bond acceptors (Lipinski definition) is 5. The molecule has 2 rings (SSSR count). The van der Waals surface area contributed by atoms with Gasteiger partial charge in [0.15, 0.2) is 11.5 Å². The summed E-state index contributed by atoms with van der Waals surface area (Å²) < 4.78 is 10.3. The lowest BCUT2D eigenvalue weighted by Gasteiger charge is -2.23. The third-order valence-corrected chi connectivity index (χ3v) is 2.56. The van der Waals surface area contributed by atoms with Crippen LogP contribution < -0.4 is 4.74 Å². The largest absolute Gasteiger partial charge is 0.504 e. The van der Waals surface area contributed by atoms with Gasteiger partial charge in [-0.1, -0.05) is 0 Å². The molecule has 1 aliphatic heterocycles. The zero-order chi connectivity index (χ0) is 12.1. The smallest absolute Gasteiger partial charge is 0.161 e. The van der Waals surface area contributed by atoms with E-state index < -0.39 is 0 Å². The van der Waals surface area contributed by atoms with Crippen molar-refractivity contribution in [2.75, 3.05) is 33.4 Å². The first-order valence-corrected chi connectivity index (χ1v) is 5.53. The lowest BCUT2D eigenvalue weighted by atomic mass is 10.2. The highest BCUT2D eigenvalue weighted by Crippen LogP contribution is 2.25. The Labute approximate surface area is 100 Å². The average molecular weight is 236 g/mol. The number of benzene rings is 1. The van der Waals surface area contributed by atoms with Gasteiger partial charge in [-0.05, 0) is 23.8 Å². The molecule has 0 atom stereocenters. The first kappa shape index (κ1) is 11.7. The van der Waals surface area contributed by atoms with Crippen LogP contribution in [0.25, 0.3) is 0 Å². The summed E-state index contributed by atoms with van der Waals surface area (Å²) >= 11 is 0. The van der Waals surface area contributed by atoms with Crippen molar-refractivity contribution in [3.63, 3.8) is 0 Å². The van der Waals surface area contributed by atoms with E-state index in [0.29, 0.717) is 5.75 Å². The lowest BCUT2D eigenvalue weighted by Crippen LogP contribution is -2.32. The molecule has 0 saturated carbocycles. The van der Waals surface area contributed by atoms with Gasteiger partial charge < -0.3 is 14.6 Å². The average Bonchev–Trinajstić information content (AvgIpc) is 2.39. The van der Waals surface area contributed by atoms with Gasteiger partial charge in [-0.3, -0.25) is 5.01 Å². The van der Waals surface area contributed by atoms with Crippen LogP contribution in [0.15, 0.2) is 23.3 Å². The number of ether oxygens (including phenoxy) is 2. The minimum Gasteiger partial charge on any atom is -0.504 e. The Bertz CT molecular complexity index is 401. The van der Waals surface area contributed by atoms with Crippen LogP contribution in [0.5, 0.6) is 11.5 Å². The molecule has 0 aromatic heterocycles. The summed E-state index contributed by atoms with van der Waals surface area (Å²) in [7, 11) is 1.53. The Morgan fingerprint density at radius 1 is 1.41 bits per heavy atom. The molecule has 5 heteroatoms. The van der Waals surface area contributed by atoms with Gasteiger partial charge in [-0.15, -0.1) is 0 Å². The van der Waals surface area contributed by atoms with E-state index in [1.165, 1.54) is 7.11 Å². The summed E-state index contributed by atoms with van der Waals surface area (Å²) in [6.45, 7) is 3.06. The fourth-order valence-electron chi connectivity index (χ4n) is 1.59. The van der Waals surface area contributed by atoms with Crippen molar-refractivity contribution in [2.24, 2.45) is 5.10 Å². The van der Waals surface area contributed by atoms with Crippen molar-refractivity contribution < 1.29 is 14.6 Å². The van der Waals surface area contributed by atoms with Crippen molar-refractivity contribution in [1.82, 2.24) is 5.01 Å². The van der Waals surface area contributed by atoms with Crippen LogP contribution in [0.4, 0.5) is 0 Å². The van der Waals surface area contributed by atoms with Crippen molar-refractivity contribution in [2.45, 2.75) is 0 Å². The van der Waals surface area contributed by atoms with Gasteiger partial charge in [0.2, 0.25) is 0 Å². The molecular formula is C12H16N2O3. The van der Waals surface area contributed by atoms with Gasteiger partial charge in [0.05, 0.1) is 39.6 Å². The minimum atomic E-state index is 0.135. The van der Waals surface area contributed by atoms with E-state index in [0.717, 1.165) is 31.9 Å². The number of phenols is 1. The predicted octanol–water partition coefficient (Wildman–Crippen LogP) is 1.07. The first-order chi connectivity index (χ1) is 8.29. The van der Waals surface area contributed by atoms with Crippen LogP contribution in [0.2, 0.25) is 0 Å². The number of nitrogens with zero attached hydrogens (tertiary/aromatic N) is 2. The molecule has 0 spiro atoms. The lowest BCUT2D eigenvalue weighted by molar-refractivity contribution is 0.0397. The fraction of sp³-hybridized carbons (Fsp3) is 0.417. The third kappa shape index (κ3) is 3.10. The van der Waals surface area contributed by atoms with E-state index in [4.69, 9.17) is 9.47 Å². The first-order valence-electron chi connectivity index (χ1n) is 5.53. The minimum absolute atomic E-state index is 0.135. The molecule has 1 aliphatic rings. The summed E-state index contributed by atoms with van der Waals surface area (Å²) in [4.78, 5) is 0. The van der Waals surface area contributed by atoms with Gasteiger partial charge >= 0.3 is 0 Å². The molecule has 1 aromatic carbocycles. The summed E-state index contributed by atoms with van der Waals surface area (Å²) in [6, 6.07) is 5.14. The third-order valence-electron chi connectivity index (χ3n) is 2.56. The van der Waals surface area contributed by atoms with Gasteiger partial charge in [0.25, 0.3) is 0 Å². The maximum absolute atomic E-state index is 9.46. The normalized spacial score (nSPS) is 16.4. The monoisotopic (exact) mass is 236 g/mol. The van der Waals surface area contributed by atoms with E-state index in [-0.39, 0.29) is 5.75 Å². The second-order valence-corrected chi connectivity index (χ2v) is 3.74. The van der Waals surface area contributed by atoms with Gasteiger partial charge in [-0.25, -0.2) is 0 Å². The van der Waals surface area contributed by atoms with Gasteiger partial charge in [0, 0.05) is 0 Å². The quantitative estimate of drug-likeness (QED) is 0.797. The number of phenolic OH excluding ortho intramolecular Hbond substituents is 1. The number of hydrazone groups is 1. The Balaban J connectivity index is 2.04. The SMILES string of the molecule is COc1cc(/C=N\N2CCOCC2)ccc1O. The number of morpholine rings is 1. The fourth-order valence-corrected chi connectivity index (χ4v) is 1.59. The van der Waals surface area contributed by atoms with E-state index >= 15 is 0 Å². The van der Waals surface area contributed by atoms with Crippen molar-refractivity contribution in [3.05, 3.63) is 23.8 Å². The Morgan fingerprint density at radius 3 is 2.88 bits per heavy atom. The van der Waals surface area contributed by atoms with Crippen molar-refractivity contribution in [1.29, 1.82) is 0 Å². The van der Waals surface area contributed by atoms with E-state index in [1.54, 1.807) is 24.4 Å². The summed E-state index contributed by atoms with van der Waals surface area (Å²) in [6.07, 6.45) is 1.76. The maximum atomic E-state index is 9.46. The second-order valence-electron chi connectivity index (χ2n) is 3.74. The summed E-state index contributed by atoms with van der Waals surface area (Å²) in [5.41, 5.74) is 0.895. The van der Waals surface area contributed by atoms with Crippen molar-refractivity contribution in [3.8, 4) is 11.5 Å². The summed E-state index contributed by atoms with van der Waals surface area (Å²) in [5.74, 6) is 0.590. The predicted molar refractivity (Wildman–Crippen MR) is 64.6 cm³/mol. The molecule has 0 amide bonds. The topological polar surface area (TPSA) is 54.3 Å². The summed E-state index contributed by atoms with van der Waals surface area (Å²) in [5, 5.41) is 15.8. The molecule has 0 radical (unpaired) electrons. The van der Waals surface area contributed by atoms with Crippen LogP contribution >= 0.6 is 0 Å². The maximum Gasteiger partial charge on any atom is 0.161 e. The van der Waals surface area contributed by atoms with Gasteiger partial charge in [0.1, 0.15) is 0 Å². The highest BCUT2D eigenvalue weighted by atomic mass is 16.5. The zero-order valence-corrected chi connectivity index (χ0v) is 9.80. The van der Waals surface area contributed by atoms with Crippen LogP contribution in [-0.4, -0.2) is 49.7 Å². The van der Waals surface area contributed by atoms with Gasteiger partial charge in [-0.2, -0.15) is 5.10 Å². The molecule has 0 unspecified atom stereocenters. The van der Waals surface area contributed by atoms with Crippen LogP contribution in [0.1, 0.15) is 5.56 Å².